The van der Waals surface area contributed by atoms with E-state index in [0.29, 0.717) is 25.5 Å². The van der Waals surface area contributed by atoms with Gasteiger partial charge in [-0.1, -0.05) is 0 Å². The zero-order chi connectivity index (χ0) is 20.1. The van der Waals surface area contributed by atoms with Gasteiger partial charge in [0.2, 0.25) is 5.88 Å². The first-order valence-corrected chi connectivity index (χ1v) is 10.4. The Morgan fingerprint density at radius 2 is 2.10 bits per heavy atom. The highest BCUT2D eigenvalue weighted by Gasteiger charge is 2.15. The van der Waals surface area contributed by atoms with Crippen LogP contribution in [0.25, 0.3) is 10.9 Å². The van der Waals surface area contributed by atoms with E-state index in [1.165, 1.54) is 6.42 Å². The van der Waals surface area contributed by atoms with Crippen LogP contribution in [-0.4, -0.2) is 40.6 Å². The number of pyridine rings is 1. The van der Waals surface area contributed by atoms with Crippen molar-refractivity contribution in [1.82, 2.24) is 9.55 Å². The molecule has 1 saturated heterocycles. The Balaban J connectivity index is 1.40. The Labute approximate surface area is 171 Å². The zero-order valence-electron chi connectivity index (χ0n) is 16.8. The molecule has 2 aromatic heterocycles. The second-order valence-corrected chi connectivity index (χ2v) is 7.37. The molecule has 6 nitrogen and oxygen atoms in total. The first kappa shape index (κ1) is 19.6. The maximum atomic E-state index is 10.1. The molecule has 1 fully saturated rings. The molecule has 3 aromatic rings. The van der Waals surface area contributed by atoms with E-state index in [9.17, 15) is 5.11 Å². The minimum absolute atomic E-state index is 0.115. The van der Waals surface area contributed by atoms with Crippen LogP contribution in [0.2, 0.25) is 0 Å². The lowest BCUT2D eigenvalue weighted by molar-refractivity contribution is -0.0120. The normalized spacial score (nSPS) is 16.8. The summed E-state index contributed by atoms with van der Waals surface area (Å²) in [7, 11) is 0. The van der Waals surface area contributed by atoms with Crippen LogP contribution >= 0.6 is 0 Å². The van der Waals surface area contributed by atoms with Crippen LogP contribution in [0.5, 0.6) is 17.4 Å². The Kier molecular flexibility index (Phi) is 6.20. The van der Waals surface area contributed by atoms with Gasteiger partial charge in [-0.15, -0.1) is 0 Å². The zero-order valence-corrected chi connectivity index (χ0v) is 16.8. The van der Waals surface area contributed by atoms with Crippen LogP contribution in [-0.2, 0) is 17.7 Å². The Bertz CT molecular complexity index is 947. The minimum Gasteiger partial charge on any atom is -0.508 e. The molecule has 1 unspecified atom stereocenters. The van der Waals surface area contributed by atoms with Gasteiger partial charge in [-0.25, -0.2) is 4.98 Å². The number of fused-ring (bicyclic) bond motifs is 1. The third kappa shape index (κ3) is 5.01. The smallest absolute Gasteiger partial charge is 0.217 e. The number of ether oxygens (including phenoxy) is 3. The number of aromatic hydroxyl groups is 1. The third-order valence-corrected chi connectivity index (χ3v) is 5.19. The quantitative estimate of drug-likeness (QED) is 0.614. The summed E-state index contributed by atoms with van der Waals surface area (Å²) in [5.74, 6) is 1.51. The van der Waals surface area contributed by atoms with Crippen LogP contribution in [0, 0.1) is 0 Å². The molecular formula is C23H28N2O4. The summed E-state index contributed by atoms with van der Waals surface area (Å²) < 4.78 is 19.3. The number of hydrogen-bond donors (Lipinski definition) is 1. The lowest BCUT2D eigenvalue weighted by atomic mass is 10.1. The molecule has 0 bridgehead atoms. The van der Waals surface area contributed by atoms with Crippen molar-refractivity contribution >= 4 is 10.9 Å². The van der Waals surface area contributed by atoms with Crippen molar-refractivity contribution in [3.05, 3.63) is 48.3 Å². The topological polar surface area (TPSA) is 65.7 Å². The molecule has 6 heteroatoms. The van der Waals surface area contributed by atoms with E-state index in [1.807, 2.05) is 13.0 Å². The second-order valence-electron chi connectivity index (χ2n) is 7.37. The van der Waals surface area contributed by atoms with Gasteiger partial charge in [0.25, 0.3) is 0 Å². The highest BCUT2D eigenvalue weighted by molar-refractivity contribution is 5.81. The van der Waals surface area contributed by atoms with E-state index in [-0.39, 0.29) is 11.9 Å². The summed E-state index contributed by atoms with van der Waals surface area (Å²) in [5.41, 5.74) is 1.96. The molecule has 1 aliphatic rings. The summed E-state index contributed by atoms with van der Waals surface area (Å²) in [6.45, 7) is 4.67. The maximum absolute atomic E-state index is 10.1. The predicted octanol–water partition coefficient (Wildman–Crippen LogP) is 4.33. The number of nitrogens with zero attached hydrogens (tertiary/aromatic N) is 2. The van der Waals surface area contributed by atoms with E-state index in [4.69, 9.17) is 14.2 Å². The molecule has 4 rings (SSSR count). The number of hydrogen-bond acceptors (Lipinski definition) is 5. The van der Waals surface area contributed by atoms with Gasteiger partial charge in [0.05, 0.1) is 12.7 Å². The van der Waals surface area contributed by atoms with Crippen molar-refractivity contribution in [3.8, 4) is 17.4 Å². The van der Waals surface area contributed by atoms with Crippen molar-refractivity contribution in [2.24, 2.45) is 0 Å². The minimum atomic E-state index is 0.115. The van der Waals surface area contributed by atoms with Crippen LogP contribution in [0.4, 0.5) is 0 Å². The van der Waals surface area contributed by atoms with Crippen molar-refractivity contribution in [2.75, 3.05) is 19.8 Å². The summed E-state index contributed by atoms with van der Waals surface area (Å²) in [4.78, 5) is 4.56. The van der Waals surface area contributed by atoms with Crippen LogP contribution in [0.3, 0.4) is 0 Å². The van der Waals surface area contributed by atoms with Crippen molar-refractivity contribution in [2.45, 2.75) is 45.3 Å². The standard InChI is InChI=1S/C23H28N2O4/c1-2-27-20-6-7-22-17(13-20)8-10-25(22)11-9-18-14-19(26)15-23(24-18)29-16-21-5-3-4-12-28-21/h6-8,10,13-15,21H,2-5,9,11-12,16H2,1H3,(H,24,26). The number of rotatable bonds is 8. The van der Waals surface area contributed by atoms with Gasteiger partial charge >= 0.3 is 0 Å². The monoisotopic (exact) mass is 396 g/mol. The SMILES string of the molecule is CCOc1ccc2c(ccn2CCc2cc(O)cc(OCC3CCCCO3)n2)c1. The molecule has 0 saturated carbocycles. The molecule has 0 aliphatic carbocycles. The van der Waals surface area contributed by atoms with Gasteiger partial charge in [-0.3, -0.25) is 0 Å². The molecule has 3 heterocycles. The van der Waals surface area contributed by atoms with Crippen molar-refractivity contribution in [1.29, 1.82) is 0 Å². The summed E-state index contributed by atoms with van der Waals surface area (Å²) in [6, 6.07) is 11.5. The number of aryl methyl sites for hydroxylation is 2. The van der Waals surface area contributed by atoms with Gasteiger partial charge < -0.3 is 23.9 Å². The van der Waals surface area contributed by atoms with Crippen LogP contribution < -0.4 is 9.47 Å². The fourth-order valence-electron chi connectivity index (χ4n) is 3.73. The second kappa shape index (κ2) is 9.18. The molecule has 1 atom stereocenters. The predicted molar refractivity (Wildman–Crippen MR) is 112 cm³/mol. The van der Waals surface area contributed by atoms with E-state index in [2.05, 4.69) is 33.9 Å². The van der Waals surface area contributed by atoms with Crippen molar-refractivity contribution in [3.63, 3.8) is 0 Å². The highest BCUT2D eigenvalue weighted by atomic mass is 16.5. The summed E-state index contributed by atoms with van der Waals surface area (Å²) in [5, 5.41) is 11.2. The van der Waals surface area contributed by atoms with Gasteiger partial charge in [0.15, 0.2) is 0 Å². The highest BCUT2D eigenvalue weighted by Crippen LogP contribution is 2.24. The third-order valence-electron chi connectivity index (χ3n) is 5.19. The molecule has 1 N–H and O–H groups in total. The Morgan fingerprint density at radius 1 is 1.17 bits per heavy atom. The molecule has 29 heavy (non-hydrogen) atoms. The molecule has 1 aliphatic heterocycles. The largest absolute Gasteiger partial charge is 0.508 e. The Morgan fingerprint density at radius 3 is 2.93 bits per heavy atom. The van der Waals surface area contributed by atoms with Crippen molar-refractivity contribution < 1.29 is 19.3 Å². The lowest BCUT2D eigenvalue weighted by Crippen LogP contribution is -2.26. The number of benzene rings is 1. The van der Waals surface area contributed by atoms with Gasteiger partial charge in [-0.2, -0.15) is 0 Å². The average molecular weight is 396 g/mol. The fraction of sp³-hybridized carbons (Fsp3) is 0.435. The average Bonchev–Trinajstić information content (AvgIpc) is 3.14. The molecule has 0 amide bonds. The van der Waals surface area contributed by atoms with Gasteiger partial charge in [0, 0.05) is 54.5 Å². The number of aromatic nitrogens is 2. The first-order valence-electron chi connectivity index (χ1n) is 10.4. The lowest BCUT2D eigenvalue weighted by Gasteiger charge is -2.22. The molecule has 154 valence electrons. The van der Waals surface area contributed by atoms with Crippen LogP contribution in [0.1, 0.15) is 31.9 Å². The van der Waals surface area contributed by atoms with Crippen LogP contribution in [0.15, 0.2) is 42.6 Å². The summed E-state index contributed by atoms with van der Waals surface area (Å²) in [6.07, 6.45) is 6.18. The fourth-order valence-corrected chi connectivity index (χ4v) is 3.73. The molecule has 1 aromatic carbocycles. The van der Waals surface area contributed by atoms with E-state index >= 15 is 0 Å². The summed E-state index contributed by atoms with van der Waals surface area (Å²) >= 11 is 0. The Hall–Kier alpha value is -2.73. The van der Waals surface area contributed by atoms with Gasteiger partial charge in [-0.05, 0) is 50.5 Å². The van der Waals surface area contributed by atoms with E-state index < -0.39 is 0 Å². The van der Waals surface area contributed by atoms with E-state index in [0.717, 1.165) is 48.3 Å². The van der Waals surface area contributed by atoms with Gasteiger partial charge in [0.1, 0.15) is 18.1 Å². The molecular weight excluding hydrogens is 368 g/mol. The first-order chi connectivity index (χ1) is 14.2. The molecule has 0 spiro atoms. The van der Waals surface area contributed by atoms with E-state index in [1.54, 1.807) is 12.1 Å². The molecule has 0 radical (unpaired) electrons. The maximum Gasteiger partial charge on any atom is 0.217 e.